The van der Waals surface area contributed by atoms with Gasteiger partial charge in [0.15, 0.2) is 0 Å². The number of aromatic nitrogens is 1. The summed E-state index contributed by atoms with van der Waals surface area (Å²) in [6.07, 6.45) is 0.981. The maximum atomic E-state index is 13.4. The lowest BCUT2D eigenvalue weighted by Gasteiger charge is -2.19. The Morgan fingerprint density at radius 1 is 1.15 bits per heavy atom. The van der Waals surface area contributed by atoms with Gasteiger partial charge in [0.05, 0.1) is 16.8 Å². The van der Waals surface area contributed by atoms with Crippen LogP contribution < -0.4 is 5.73 Å². The average Bonchev–Trinajstić information content (AvgIpc) is 3.17. The minimum absolute atomic E-state index is 0.0822. The molecule has 27 heavy (non-hydrogen) atoms. The molecule has 4 nitrogen and oxygen atoms in total. The highest BCUT2D eigenvalue weighted by atomic mass is 16.2. The molecule has 2 aromatic carbocycles. The topological polar surface area (TPSA) is 59.2 Å². The Hall–Kier alpha value is -2.72. The standard InChI is InChI=1S/C23H25N3O/c1-15-10-19-20(23(27)26-9-8-17(13-24)14-26)12-21(18-6-4-3-5-7-18)25-22(19)11-16(15)2/h3-7,10-12,17H,8-9,13-14,24H2,1-2H3. The SMILES string of the molecule is Cc1cc2nc(-c3ccccc3)cc(C(=O)N3CCC(CN)C3)c2cc1C. The highest BCUT2D eigenvalue weighted by Gasteiger charge is 2.27. The third-order valence-electron chi connectivity index (χ3n) is 5.63. The monoisotopic (exact) mass is 359 g/mol. The number of likely N-dealkylation sites (tertiary alicyclic amines) is 1. The van der Waals surface area contributed by atoms with Crippen LogP contribution in [-0.2, 0) is 0 Å². The Morgan fingerprint density at radius 3 is 2.59 bits per heavy atom. The van der Waals surface area contributed by atoms with E-state index < -0.39 is 0 Å². The second-order valence-corrected chi connectivity index (χ2v) is 7.52. The lowest BCUT2D eigenvalue weighted by atomic mass is 9.99. The molecule has 1 amide bonds. The molecule has 1 aromatic heterocycles. The predicted octanol–water partition coefficient (Wildman–Crippen LogP) is 3.94. The van der Waals surface area contributed by atoms with Crippen molar-refractivity contribution in [3.63, 3.8) is 0 Å². The van der Waals surface area contributed by atoms with Crippen LogP contribution in [0.4, 0.5) is 0 Å². The molecule has 1 unspecified atom stereocenters. The first kappa shape index (κ1) is 17.7. The first-order valence-electron chi connectivity index (χ1n) is 9.53. The van der Waals surface area contributed by atoms with E-state index in [1.807, 2.05) is 41.3 Å². The third kappa shape index (κ3) is 3.33. The van der Waals surface area contributed by atoms with E-state index in [1.165, 1.54) is 11.1 Å². The molecule has 2 heterocycles. The molecule has 1 fully saturated rings. The summed E-state index contributed by atoms with van der Waals surface area (Å²) in [4.78, 5) is 20.2. The minimum Gasteiger partial charge on any atom is -0.338 e. The molecule has 3 aromatic rings. The van der Waals surface area contributed by atoms with E-state index in [2.05, 4.69) is 26.0 Å². The van der Waals surface area contributed by atoms with Crippen molar-refractivity contribution < 1.29 is 4.79 Å². The van der Waals surface area contributed by atoms with Gasteiger partial charge in [-0.1, -0.05) is 30.3 Å². The number of nitrogens with two attached hydrogens (primary N) is 1. The van der Waals surface area contributed by atoms with Crippen LogP contribution in [0.15, 0.2) is 48.5 Å². The number of pyridine rings is 1. The molecule has 1 aliphatic heterocycles. The van der Waals surface area contributed by atoms with Gasteiger partial charge in [-0.25, -0.2) is 4.98 Å². The van der Waals surface area contributed by atoms with E-state index in [0.29, 0.717) is 12.5 Å². The second-order valence-electron chi connectivity index (χ2n) is 7.52. The Bertz CT molecular complexity index is 997. The number of nitrogens with zero attached hydrogens (tertiary/aromatic N) is 2. The van der Waals surface area contributed by atoms with Crippen molar-refractivity contribution in [2.45, 2.75) is 20.3 Å². The molecule has 1 aliphatic rings. The Labute approximate surface area is 160 Å². The highest BCUT2D eigenvalue weighted by molar-refractivity contribution is 6.07. The van der Waals surface area contributed by atoms with Gasteiger partial charge in [0.2, 0.25) is 0 Å². The van der Waals surface area contributed by atoms with Gasteiger partial charge < -0.3 is 10.6 Å². The van der Waals surface area contributed by atoms with Gasteiger partial charge >= 0.3 is 0 Å². The number of carbonyl (C=O) groups excluding carboxylic acids is 1. The maximum Gasteiger partial charge on any atom is 0.254 e. The van der Waals surface area contributed by atoms with E-state index in [1.54, 1.807) is 0 Å². The van der Waals surface area contributed by atoms with Crippen LogP contribution in [0.2, 0.25) is 0 Å². The molecule has 0 radical (unpaired) electrons. The fraction of sp³-hybridized carbons (Fsp3) is 0.304. The number of hydrogen-bond acceptors (Lipinski definition) is 3. The first-order valence-corrected chi connectivity index (χ1v) is 9.53. The quantitative estimate of drug-likeness (QED) is 0.770. The van der Waals surface area contributed by atoms with Crippen LogP contribution >= 0.6 is 0 Å². The molecule has 1 atom stereocenters. The van der Waals surface area contributed by atoms with E-state index in [-0.39, 0.29) is 5.91 Å². The lowest BCUT2D eigenvalue weighted by Crippen LogP contribution is -2.30. The molecule has 4 heteroatoms. The van der Waals surface area contributed by atoms with Gasteiger partial charge in [0, 0.05) is 24.0 Å². The fourth-order valence-corrected chi connectivity index (χ4v) is 3.80. The van der Waals surface area contributed by atoms with Crippen molar-refractivity contribution >= 4 is 16.8 Å². The third-order valence-corrected chi connectivity index (χ3v) is 5.63. The van der Waals surface area contributed by atoms with Gasteiger partial charge in [-0.05, 0) is 62.1 Å². The summed E-state index contributed by atoms with van der Waals surface area (Å²) >= 11 is 0. The lowest BCUT2D eigenvalue weighted by molar-refractivity contribution is 0.0789. The number of aryl methyl sites for hydroxylation is 2. The van der Waals surface area contributed by atoms with Crippen molar-refractivity contribution in [2.75, 3.05) is 19.6 Å². The summed E-state index contributed by atoms with van der Waals surface area (Å²) in [6, 6.07) is 16.2. The minimum atomic E-state index is 0.0822. The van der Waals surface area contributed by atoms with Crippen molar-refractivity contribution in [3.8, 4) is 11.3 Å². The molecule has 0 bridgehead atoms. The Balaban J connectivity index is 1.86. The van der Waals surface area contributed by atoms with E-state index in [0.717, 1.165) is 47.2 Å². The number of benzene rings is 2. The summed E-state index contributed by atoms with van der Waals surface area (Å²) in [5.41, 5.74) is 11.6. The molecule has 4 rings (SSSR count). The largest absolute Gasteiger partial charge is 0.338 e. The molecule has 0 spiro atoms. The number of rotatable bonds is 3. The van der Waals surface area contributed by atoms with Gasteiger partial charge in [0.25, 0.3) is 5.91 Å². The van der Waals surface area contributed by atoms with Gasteiger partial charge in [0.1, 0.15) is 0 Å². The number of hydrogen-bond donors (Lipinski definition) is 1. The summed E-state index contributed by atoms with van der Waals surface area (Å²) < 4.78 is 0. The number of carbonyl (C=O) groups is 1. The molecule has 2 N–H and O–H groups in total. The zero-order valence-corrected chi connectivity index (χ0v) is 15.9. The molecule has 1 saturated heterocycles. The van der Waals surface area contributed by atoms with Crippen LogP contribution in [0.3, 0.4) is 0 Å². The summed E-state index contributed by atoms with van der Waals surface area (Å²) in [7, 11) is 0. The molecular weight excluding hydrogens is 334 g/mol. The number of amides is 1. The second kappa shape index (κ2) is 7.12. The van der Waals surface area contributed by atoms with Crippen LogP contribution in [0.1, 0.15) is 27.9 Å². The Kier molecular flexibility index (Phi) is 4.66. The van der Waals surface area contributed by atoms with Crippen molar-refractivity contribution in [1.29, 1.82) is 0 Å². The van der Waals surface area contributed by atoms with Crippen LogP contribution in [0.25, 0.3) is 22.2 Å². The Morgan fingerprint density at radius 2 is 1.89 bits per heavy atom. The van der Waals surface area contributed by atoms with Crippen molar-refractivity contribution in [1.82, 2.24) is 9.88 Å². The van der Waals surface area contributed by atoms with Crippen molar-refractivity contribution in [2.24, 2.45) is 11.7 Å². The normalized spacial score (nSPS) is 16.9. The molecule has 138 valence electrons. The van der Waals surface area contributed by atoms with Crippen molar-refractivity contribution in [3.05, 3.63) is 65.2 Å². The van der Waals surface area contributed by atoms with Crippen LogP contribution in [-0.4, -0.2) is 35.4 Å². The molecular formula is C23H25N3O. The summed E-state index contributed by atoms with van der Waals surface area (Å²) in [5, 5.41) is 0.930. The van der Waals surface area contributed by atoms with Gasteiger partial charge in [-0.15, -0.1) is 0 Å². The summed E-state index contributed by atoms with van der Waals surface area (Å²) in [5.74, 6) is 0.485. The zero-order chi connectivity index (χ0) is 19.0. The zero-order valence-electron chi connectivity index (χ0n) is 15.9. The van der Waals surface area contributed by atoms with E-state index >= 15 is 0 Å². The van der Waals surface area contributed by atoms with Crippen LogP contribution in [0, 0.1) is 19.8 Å². The molecule has 0 saturated carbocycles. The fourth-order valence-electron chi connectivity index (χ4n) is 3.80. The number of fused-ring (bicyclic) bond motifs is 1. The predicted molar refractivity (Wildman–Crippen MR) is 110 cm³/mol. The van der Waals surface area contributed by atoms with E-state index in [9.17, 15) is 4.79 Å². The molecule has 0 aliphatic carbocycles. The van der Waals surface area contributed by atoms with Gasteiger partial charge in [-0.2, -0.15) is 0 Å². The maximum absolute atomic E-state index is 13.4. The first-order chi connectivity index (χ1) is 13.1. The van der Waals surface area contributed by atoms with Gasteiger partial charge in [-0.3, -0.25) is 4.79 Å². The summed E-state index contributed by atoms with van der Waals surface area (Å²) in [6.45, 7) is 6.31. The van der Waals surface area contributed by atoms with E-state index in [4.69, 9.17) is 10.7 Å². The highest BCUT2D eigenvalue weighted by Crippen LogP contribution is 2.29. The smallest absolute Gasteiger partial charge is 0.254 e. The van der Waals surface area contributed by atoms with Crippen LogP contribution in [0.5, 0.6) is 0 Å². The average molecular weight is 359 g/mol.